The molecule has 13 heavy (non-hydrogen) atoms. The van der Waals surface area contributed by atoms with E-state index in [2.05, 4.69) is 5.92 Å². The maximum atomic E-state index is 11.2. The monoisotopic (exact) mass is 178 g/mol. The van der Waals surface area contributed by atoms with Gasteiger partial charge >= 0.3 is 0 Å². The van der Waals surface area contributed by atoms with Crippen LogP contribution in [0.1, 0.15) is 45.4 Å². The first-order valence-electron chi connectivity index (χ1n) is 5.22. The van der Waals surface area contributed by atoms with Crippen molar-refractivity contribution in [2.24, 2.45) is 11.8 Å². The molecule has 0 aromatic rings. The molecule has 0 radical (unpaired) electrons. The second-order valence-corrected chi connectivity index (χ2v) is 4.01. The van der Waals surface area contributed by atoms with E-state index in [4.69, 9.17) is 6.42 Å². The Morgan fingerprint density at radius 1 is 1.31 bits per heavy atom. The van der Waals surface area contributed by atoms with Crippen molar-refractivity contribution in [3.05, 3.63) is 0 Å². The fourth-order valence-electron chi connectivity index (χ4n) is 2.23. The highest BCUT2D eigenvalue weighted by molar-refractivity contribution is 5.81. The van der Waals surface area contributed by atoms with E-state index in [1.165, 1.54) is 25.7 Å². The normalized spacial score (nSPS) is 21.5. The van der Waals surface area contributed by atoms with Gasteiger partial charge in [0.05, 0.1) is 5.92 Å². The van der Waals surface area contributed by atoms with Crippen LogP contribution in [0.3, 0.4) is 0 Å². The van der Waals surface area contributed by atoms with Gasteiger partial charge in [-0.05, 0) is 25.7 Å². The SMILES string of the molecule is C#C[C@H](C(C)=O)C1CCCCCC1. The van der Waals surface area contributed by atoms with Crippen LogP contribution in [0.2, 0.25) is 0 Å². The Morgan fingerprint density at radius 3 is 2.23 bits per heavy atom. The molecule has 0 aliphatic heterocycles. The third kappa shape index (κ3) is 2.88. The third-order valence-electron chi connectivity index (χ3n) is 2.99. The zero-order valence-electron chi connectivity index (χ0n) is 8.38. The summed E-state index contributed by atoms with van der Waals surface area (Å²) in [5.74, 6) is 3.17. The number of hydrogen-bond acceptors (Lipinski definition) is 1. The first-order chi connectivity index (χ1) is 6.25. The van der Waals surface area contributed by atoms with Gasteiger partial charge in [-0.25, -0.2) is 0 Å². The standard InChI is InChI=1S/C12H18O/c1-3-12(10(2)13)11-8-6-4-5-7-9-11/h1,11-12H,4-9H2,2H3/t12-/m1/s1. The van der Waals surface area contributed by atoms with Crippen molar-refractivity contribution in [1.82, 2.24) is 0 Å². The Bertz CT molecular complexity index is 204. The number of carbonyl (C=O) groups excluding carboxylic acids is 1. The molecule has 0 aromatic carbocycles. The molecule has 1 nitrogen and oxygen atoms in total. The Balaban J connectivity index is 2.56. The molecule has 0 amide bonds. The van der Waals surface area contributed by atoms with Gasteiger partial charge in [-0.3, -0.25) is 4.79 Å². The minimum absolute atomic E-state index is 0.113. The van der Waals surface area contributed by atoms with E-state index in [1.807, 2.05) is 0 Å². The summed E-state index contributed by atoms with van der Waals surface area (Å²) in [5, 5.41) is 0. The molecular weight excluding hydrogens is 160 g/mol. The number of ketones is 1. The average Bonchev–Trinajstić information content (AvgIpc) is 2.33. The average molecular weight is 178 g/mol. The second-order valence-electron chi connectivity index (χ2n) is 4.01. The maximum Gasteiger partial charge on any atom is 0.145 e. The molecule has 1 fully saturated rings. The summed E-state index contributed by atoms with van der Waals surface area (Å²) in [5.41, 5.74) is 0. The summed E-state index contributed by atoms with van der Waals surface area (Å²) >= 11 is 0. The van der Waals surface area contributed by atoms with Crippen LogP contribution >= 0.6 is 0 Å². The predicted molar refractivity (Wildman–Crippen MR) is 54.2 cm³/mol. The van der Waals surface area contributed by atoms with Crippen LogP contribution in [-0.2, 0) is 4.79 Å². The molecule has 1 heteroatoms. The van der Waals surface area contributed by atoms with E-state index in [9.17, 15) is 4.79 Å². The minimum atomic E-state index is -0.113. The zero-order chi connectivity index (χ0) is 9.68. The molecule has 0 saturated heterocycles. The molecule has 1 aliphatic carbocycles. The van der Waals surface area contributed by atoms with Gasteiger partial charge in [-0.1, -0.05) is 31.6 Å². The molecule has 72 valence electrons. The topological polar surface area (TPSA) is 17.1 Å². The molecule has 1 rings (SSSR count). The van der Waals surface area contributed by atoms with Crippen LogP contribution in [0.15, 0.2) is 0 Å². The molecule has 0 spiro atoms. The van der Waals surface area contributed by atoms with E-state index in [0.29, 0.717) is 5.92 Å². The minimum Gasteiger partial charge on any atom is -0.299 e. The number of rotatable bonds is 2. The molecular formula is C12H18O. The second kappa shape index (κ2) is 5.07. The van der Waals surface area contributed by atoms with Crippen molar-refractivity contribution in [1.29, 1.82) is 0 Å². The molecule has 0 N–H and O–H groups in total. The molecule has 1 saturated carbocycles. The number of hydrogen-bond donors (Lipinski definition) is 0. The van der Waals surface area contributed by atoms with Gasteiger partial charge in [-0.15, -0.1) is 6.42 Å². The third-order valence-corrected chi connectivity index (χ3v) is 2.99. The lowest BCUT2D eigenvalue weighted by Crippen LogP contribution is -2.19. The number of terminal acetylenes is 1. The van der Waals surface area contributed by atoms with Crippen molar-refractivity contribution < 1.29 is 4.79 Å². The van der Waals surface area contributed by atoms with E-state index in [1.54, 1.807) is 6.92 Å². The number of Topliss-reactive ketones (excluding diaryl/α,β-unsaturated/α-hetero) is 1. The molecule has 0 bridgehead atoms. The fourth-order valence-corrected chi connectivity index (χ4v) is 2.23. The van der Waals surface area contributed by atoms with Crippen molar-refractivity contribution in [2.45, 2.75) is 45.4 Å². The van der Waals surface area contributed by atoms with Crippen molar-refractivity contribution in [3.63, 3.8) is 0 Å². The summed E-state index contributed by atoms with van der Waals surface area (Å²) in [6.07, 6.45) is 12.8. The largest absolute Gasteiger partial charge is 0.299 e. The summed E-state index contributed by atoms with van der Waals surface area (Å²) < 4.78 is 0. The van der Waals surface area contributed by atoms with Crippen molar-refractivity contribution in [2.75, 3.05) is 0 Å². The van der Waals surface area contributed by atoms with E-state index < -0.39 is 0 Å². The van der Waals surface area contributed by atoms with Crippen LogP contribution in [0, 0.1) is 24.2 Å². The Kier molecular flexibility index (Phi) is 4.02. The highest BCUT2D eigenvalue weighted by atomic mass is 16.1. The quantitative estimate of drug-likeness (QED) is 0.469. The molecule has 0 heterocycles. The van der Waals surface area contributed by atoms with Crippen LogP contribution in [0.5, 0.6) is 0 Å². The van der Waals surface area contributed by atoms with Crippen LogP contribution in [0.25, 0.3) is 0 Å². The molecule has 1 aliphatic rings. The smallest absolute Gasteiger partial charge is 0.145 e. The molecule has 0 aromatic heterocycles. The summed E-state index contributed by atoms with van der Waals surface area (Å²) in [6.45, 7) is 1.62. The predicted octanol–water partition coefficient (Wildman–Crippen LogP) is 2.80. The molecule has 1 atom stereocenters. The molecule has 0 unspecified atom stereocenters. The van der Waals surface area contributed by atoms with Gasteiger partial charge in [-0.2, -0.15) is 0 Å². The highest BCUT2D eigenvalue weighted by Crippen LogP contribution is 2.29. The zero-order valence-corrected chi connectivity index (χ0v) is 8.38. The Morgan fingerprint density at radius 2 is 1.85 bits per heavy atom. The van der Waals surface area contributed by atoms with E-state index in [0.717, 1.165) is 12.8 Å². The van der Waals surface area contributed by atoms with Crippen LogP contribution in [0.4, 0.5) is 0 Å². The Hall–Kier alpha value is -0.770. The van der Waals surface area contributed by atoms with Gasteiger partial charge in [0.15, 0.2) is 0 Å². The highest BCUT2D eigenvalue weighted by Gasteiger charge is 2.24. The Labute approximate surface area is 80.9 Å². The van der Waals surface area contributed by atoms with Gasteiger partial charge in [0, 0.05) is 0 Å². The van der Waals surface area contributed by atoms with Crippen molar-refractivity contribution in [3.8, 4) is 12.3 Å². The fraction of sp³-hybridized carbons (Fsp3) is 0.750. The summed E-state index contributed by atoms with van der Waals surface area (Å²) in [4.78, 5) is 11.2. The van der Waals surface area contributed by atoms with Crippen LogP contribution < -0.4 is 0 Å². The van der Waals surface area contributed by atoms with Gasteiger partial charge in [0.2, 0.25) is 0 Å². The lowest BCUT2D eigenvalue weighted by Gasteiger charge is -2.18. The van der Waals surface area contributed by atoms with E-state index >= 15 is 0 Å². The van der Waals surface area contributed by atoms with Gasteiger partial charge in [0.1, 0.15) is 5.78 Å². The summed E-state index contributed by atoms with van der Waals surface area (Å²) in [7, 11) is 0. The first-order valence-corrected chi connectivity index (χ1v) is 5.22. The first kappa shape index (κ1) is 10.3. The van der Waals surface area contributed by atoms with E-state index in [-0.39, 0.29) is 11.7 Å². The lowest BCUT2D eigenvalue weighted by molar-refractivity contribution is -0.120. The number of carbonyl (C=O) groups is 1. The van der Waals surface area contributed by atoms with Gasteiger partial charge < -0.3 is 0 Å². The van der Waals surface area contributed by atoms with Gasteiger partial charge in [0.25, 0.3) is 0 Å². The summed E-state index contributed by atoms with van der Waals surface area (Å²) in [6, 6.07) is 0. The van der Waals surface area contributed by atoms with Crippen LogP contribution in [-0.4, -0.2) is 5.78 Å². The maximum absolute atomic E-state index is 11.2. The lowest BCUT2D eigenvalue weighted by atomic mass is 9.84. The van der Waals surface area contributed by atoms with Crippen molar-refractivity contribution >= 4 is 5.78 Å².